The molecule has 1 aliphatic heterocycles. The molecule has 0 spiro atoms. The van der Waals surface area contributed by atoms with Gasteiger partial charge in [0.25, 0.3) is 0 Å². The van der Waals surface area contributed by atoms with E-state index in [4.69, 9.17) is 0 Å². The summed E-state index contributed by atoms with van der Waals surface area (Å²) in [4.78, 5) is 28.3. The zero-order chi connectivity index (χ0) is 18.3. The van der Waals surface area contributed by atoms with E-state index in [1.807, 2.05) is 36.4 Å². The Labute approximate surface area is 159 Å². The van der Waals surface area contributed by atoms with Gasteiger partial charge in [0.05, 0.1) is 0 Å². The summed E-state index contributed by atoms with van der Waals surface area (Å²) in [6.07, 6.45) is 1.66. The monoisotopic (exact) mass is 366 g/mol. The molecule has 2 amide bonds. The molecule has 2 aromatic rings. The summed E-state index contributed by atoms with van der Waals surface area (Å²) in [6.45, 7) is 2.19. The molecule has 0 saturated carbocycles. The molecule has 26 heavy (non-hydrogen) atoms. The van der Waals surface area contributed by atoms with Crippen LogP contribution in [0.2, 0.25) is 0 Å². The van der Waals surface area contributed by atoms with Crippen molar-refractivity contribution >= 4 is 24.4 Å². The zero-order valence-corrected chi connectivity index (χ0v) is 15.6. The number of carbonyl (C=O) groups is 2. The van der Waals surface area contributed by atoms with Gasteiger partial charge in [0, 0.05) is 11.4 Å². The van der Waals surface area contributed by atoms with Crippen LogP contribution in [-0.2, 0) is 29.0 Å². The van der Waals surface area contributed by atoms with E-state index >= 15 is 0 Å². The van der Waals surface area contributed by atoms with Gasteiger partial charge < -0.3 is 10.2 Å². The molecule has 1 N–H and O–H groups in total. The van der Waals surface area contributed by atoms with Crippen molar-refractivity contribution in [2.75, 3.05) is 0 Å². The lowest BCUT2D eigenvalue weighted by Crippen LogP contribution is -2.64. The van der Waals surface area contributed by atoms with Crippen molar-refractivity contribution in [2.45, 2.75) is 43.3 Å². The summed E-state index contributed by atoms with van der Waals surface area (Å²) < 4.78 is 0. The van der Waals surface area contributed by atoms with Crippen LogP contribution in [-0.4, -0.2) is 28.8 Å². The zero-order valence-electron chi connectivity index (χ0n) is 14.7. The molecule has 1 saturated heterocycles. The molecular formula is C21H22N2O2S. The summed E-state index contributed by atoms with van der Waals surface area (Å²) in [6, 6.07) is 15.1. The number of nitrogens with one attached hydrogen (secondary N) is 1. The number of fused-ring (bicyclic) bond motifs is 1. The smallest absolute Gasteiger partial charge is 0.246 e. The molecule has 1 aliphatic carbocycles. The highest BCUT2D eigenvalue weighted by Crippen LogP contribution is 2.31. The van der Waals surface area contributed by atoms with E-state index in [1.165, 1.54) is 11.1 Å². The number of rotatable bonds is 3. The molecule has 2 aromatic carbocycles. The number of nitrogens with zero attached hydrogens (tertiary/aromatic N) is 1. The first-order valence-corrected chi connectivity index (χ1v) is 9.44. The molecule has 1 unspecified atom stereocenters. The van der Waals surface area contributed by atoms with Gasteiger partial charge in [-0.25, -0.2) is 0 Å². The minimum atomic E-state index is -0.476. The van der Waals surface area contributed by atoms with Crippen LogP contribution in [0.5, 0.6) is 0 Å². The van der Waals surface area contributed by atoms with Crippen molar-refractivity contribution in [3.05, 3.63) is 65.2 Å². The van der Waals surface area contributed by atoms with E-state index in [0.717, 1.165) is 23.3 Å². The highest BCUT2D eigenvalue weighted by atomic mass is 32.1. The molecule has 4 rings (SSSR count). The fourth-order valence-corrected chi connectivity index (χ4v) is 4.27. The SMILES string of the molecule is C[C@@H]1C(=O)NC(C2Cc3ccccc3C2)C(=O)N1Cc1ccccc1S. The van der Waals surface area contributed by atoms with Crippen molar-refractivity contribution in [1.29, 1.82) is 0 Å². The van der Waals surface area contributed by atoms with Crippen LogP contribution in [0.3, 0.4) is 0 Å². The second-order valence-corrected chi connectivity index (χ2v) is 7.68. The lowest BCUT2D eigenvalue weighted by atomic mass is 9.92. The topological polar surface area (TPSA) is 49.4 Å². The van der Waals surface area contributed by atoms with Crippen molar-refractivity contribution in [3.8, 4) is 0 Å². The second-order valence-electron chi connectivity index (χ2n) is 7.19. The Balaban J connectivity index is 1.57. The normalized spacial score (nSPS) is 23.1. The first kappa shape index (κ1) is 17.2. The van der Waals surface area contributed by atoms with Crippen LogP contribution >= 0.6 is 12.6 Å². The van der Waals surface area contributed by atoms with E-state index in [2.05, 4.69) is 30.1 Å². The minimum absolute atomic E-state index is 0.00601. The van der Waals surface area contributed by atoms with Crippen molar-refractivity contribution in [3.63, 3.8) is 0 Å². The molecule has 0 radical (unpaired) electrons. The number of hydrogen-bond acceptors (Lipinski definition) is 3. The van der Waals surface area contributed by atoms with Crippen LogP contribution in [0.15, 0.2) is 53.4 Å². The lowest BCUT2D eigenvalue weighted by Gasteiger charge is -2.39. The minimum Gasteiger partial charge on any atom is -0.342 e. The first-order valence-electron chi connectivity index (χ1n) is 8.99. The summed E-state index contributed by atoms with van der Waals surface area (Å²) in [5.41, 5.74) is 3.52. The molecule has 2 atom stereocenters. The fourth-order valence-electron chi connectivity index (χ4n) is 4.04. The molecule has 4 nitrogen and oxygen atoms in total. The Bertz CT molecular complexity index is 842. The molecule has 134 valence electrons. The quantitative estimate of drug-likeness (QED) is 0.821. The highest BCUT2D eigenvalue weighted by molar-refractivity contribution is 7.80. The second kappa shape index (κ2) is 6.80. The van der Waals surface area contributed by atoms with Gasteiger partial charge in [0.1, 0.15) is 12.1 Å². The van der Waals surface area contributed by atoms with E-state index in [0.29, 0.717) is 6.54 Å². The maximum atomic E-state index is 13.2. The van der Waals surface area contributed by atoms with E-state index in [-0.39, 0.29) is 17.7 Å². The average molecular weight is 366 g/mol. The third-order valence-electron chi connectivity index (χ3n) is 5.58. The van der Waals surface area contributed by atoms with Crippen molar-refractivity contribution < 1.29 is 9.59 Å². The van der Waals surface area contributed by atoms with Crippen LogP contribution in [0.1, 0.15) is 23.6 Å². The molecule has 2 aliphatic rings. The van der Waals surface area contributed by atoms with Gasteiger partial charge >= 0.3 is 0 Å². The molecule has 1 fully saturated rings. The molecule has 1 heterocycles. The van der Waals surface area contributed by atoms with Crippen LogP contribution in [0.25, 0.3) is 0 Å². The highest BCUT2D eigenvalue weighted by Gasteiger charge is 2.43. The van der Waals surface area contributed by atoms with Gasteiger partial charge in [-0.2, -0.15) is 0 Å². The number of amides is 2. The summed E-state index contributed by atoms with van der Waals surface area (Å²) in [5, 5.41) is 2.97. The van der Waals surface area contributed by atoms with Gasteiger partial charge in [-0.15, -0.1) is 12.6 Å². The Morgan fingerprint density at radius 1 is 1.04 bits per heavy atom. The third-order valence-corrected chi connectivity index (χ3v) is 6.02. The predicted octanol–water partition coefficient (Wildman–Crippen LogP) is 2.61. The average Bonchev–Trinajstić information content (AvgIpc) is 3.07. The summed E-state index contributed by atoms with van der Waals surface area (Å²) in [7, 11) is 0. The maximum absolute atomic E-state index is 13.2. The van der Waals surface area contributed by atoms with Crippen LogP contribution in [0.4, 0.5) is 0 Å². The Hall–Kier alpha value is -2.27. The number of benzene rings is 2. The van der Waals surface area contributed by atoms with E-state index in [1.54, 1.807) is 11.8 Å². The Morgan fingerprint density at radius 2 is 1.65 bits per heavy atom. The number of thiol groups is 1. The number of hydrogen-bond donors (Lipinski definition) is 2. The fraction of sp³-hybridized carbons (Fsp3) is 0.333. The number of carbonyl (C=O) groups excluding carboxylic acids is 2. The largest absolute Gasteiger partial charge is 0.342 e. The van der Waals surface area contributed by atoms with Gasteiger partial charge in [-0.1, -0.05) is 42.5 Å². The third kappa shape index (κ3) is 3.01. The maximum Gasteiger partial charge on any atom is 0.246 e. The number of piperazine rings is 1. The van der Waals surface area contributed by atoms with Gasteiger partial charge in [-0.05, 0) is 48.4 Å². The van der Waals surface area contributed by atoms with Crippen LogP contribution in [0, 0.1) is 5.92 Å². The van der Waals surface area contributed by atoms with Gasteiger partial charge in [-0.3, -0.25) is 9.59 Å². The molecule has 0 aromatic heterocycles. The van der Waals surface area contributed by atoms with Crippen LogP contribution < -0.4 is 5.32 Å². The van der Waals surface area contributed by atoms with Crippen molar-refractivity contribution in [1.82, 2.24) is 10.2 Å². The first-order chi connectivity index (χ1) is 12.5. The summed E-state index contributed by atoms with van der Waals surface area (Å²) in [5.74, 6) is 0.0405. The molecule has 5 heteroatoms. The Kier molecular flexibility index (Phi) is 4.49. The lowest BCUT2D eigenvalue weighted by molar-refractivity contribution is -0.150. The van der Waals surface area contributed by atoms with Crippen molar-refractivity contribution in [2.24, 2.45) is 5.92 Å². The van der Waals surface area contributed by atoms with Gasteiger partial charge in [0.15, 0.2) is 0 Å². The van der Waals surface area contributed by atoms with Gasteiger partial charge in [0.2, 0.25) is 11.8 Å². The standard InChI is InChI=1S/C21H22N2O2S/c1-13-20(24)22-19(17-10-14-6-2-3-7-15(14)11-17)21(25)23(13)12-16-8-4-5-9-18(16)26/h2-9,13,17,19,26H,10-12H2,1H3,(H,22,24)/t13-,19?/m1/s1. The van der Waals surface area contributed by atoms with E-state index < -0.39 is 12.1 Å². The van der Waals surface area contributed by atoms with E-state index in [9.17, 15) is 9.59 Å². The Morgan fingerprint density at radius 3 is 2.31 bits per heavy atom. The molecule has 0 bridgehead atoms. The summed E-state index contributed by atoms with van der Waals surface area (Å²) >= 11 is 4.48. The predicted molar refractivity (Wildman–Crippen MR) is 103 cm³/mol. The molecular weight excluding hydrogens is 344 g/mol.